The van der Waals surface area contributed by atoms with Crippen molar-refractivity contribution in [1.82, 2.24) is 9.47 Å². The Morgan fingerprint density at radius 2 is 1.80 bits per heavy atom. The molecule has 0 radical (unpaired) electrons. The Morgan fingerprint density at radius 3 is 2.54 bits per heavy atom. The van der Waals surface area contributed by atoms with Crippen LogP contribution in [0.3, 0.4) is 0 Å². The van der Waals surface area contributed by atoms with Gasteiger partial charge >= 0.3 is 11.9 Å². The van der Waals surface area contributed by atoms with Crippen molar-refractivity contribution in [3.8, 4) is 11.5 Å². The van der Waals surface area contributed by atoms with Crippen molar-refractivity contribution in [2.24, 2.45) is 12.8 Å². The van der Waals surface area contributed by atoms with E-state index in [9.17, 15) is 14.4 Å². The lowest BCUT2D eigenvalue weighted by Gasteiger charge is -2.35. The Bertz CT molecular complexity index is 1660. The van der Waals surface area contributed by atoms with Crippen molar-refractivity contribution in [2.45, 2.75) is 44.4 Å². The first-order valence-corrected chi connectivity index (χ1v) is 16.1. The first kappa shape index (κ1) is 33.4. The van der Waals surface area contributed by atoms with Crippen LogP contribution in [-0.2, 0) is 37.3 Å². The summed E-state index contributed by atoms with van der Waals surface area (Å²) in [5.41, 5.74) is 8.29. The van der Waals surface area contributed by atoms with E-state index in [0.29, 0.717) is 49.1 Å². The second kappa shape index (κ2) is 15.1. The molecule has 46 heavy (non-hydrogen) atoms. The maximum absolute atomic E-state index is 13.2. The second-order valence-corrected chi connectivity index (χ2v) is 12.6. The SMILES string of the molecule is COc1cc2cc(C(=O)CCC(=O)OCC(CN3CCOCC3C)OC(=O)[C@@H](N)Cc3cc4ccccc4n3C)sc2cc1OC. The third-order valence-electron chi connectivity index (χ3n) is 8.29. The van der Waals surface area contributed by atoms with E-state index >= 15 is 0 Å². The van der Waals surface area contributed by atoms with E-state index in [1.54, 1.807) is 20.3 Å². The number of Topliss-reactive ketones (excluding diaryl/α,β-unsaturated/α-hetero) is 1. The summed E-state index contributed by atoms with van der Waals surface area (Å²) in [5.74, 6) is -0.128. The maximum Gasteiger partial charge on any atom is 0.323 e. The maximum atomic E-state index is 13.2. The van der Waals surface area contributed by atoms with Crippen LogP contribution in [0.1, 0.15) is 35.1 Å². The molecule has 1 aliphatic heterocycles. The molecule has 0 aliphatic carbocycles. The number of aryl methyl sites for hydroxylation is 1. The molecule has 2 aromatic heterocycles. The molecule has 5 rings (SSSR count). The second-order valence-electron chi connectivity index (χ2n) is 11.5. The van der Waals surface area contributed by atoms with E-state index in [1.807, 2.05) is 61.0 Å². The Hall–Kier alpha value is -3.97. The predicted molar refractivity (Wildman–Crippen MR) is 176 cm³/mol. The summed E-state index contributed by atoms with van der Waals surface area (Å²) in [6.07, 6.45) is -0.557. The van der Waals surface area contributed by atoms with E-state index in [4.69, 9.17) is 29.4 Å². The van der Waals surface area contributed by atoms with Crippen LogP contribution < -0.4 is 15.2 Å². The van der Waals surface area contributed by atoms with Gasteiger partial charge in [0.25, 0.3) is 0 Å². The number of nitrogens with zero attached hydrogens (tertiary/aromatic N) is 2. The normalized spacial score (nSPS) is 16.7. The smallest absolute Gasteiger partial charge is 0.323 e. The summed E-state index contributed by atoms with van der Waals surface area (Å²) in [6, 6.07) is 14.6. The molecule has 0 bridgehead atoms. The van der Waals surface area contributed by atoms with Crippen molar-refractivity contribution in [3.05, 3.63) is 59.1 Å². The highest BCUT2D eigenvalue weighted by Gasteiger charge is 2.28. The number of nitrogens with two attached hydrogens (primary N) is 1. The Labute approximate surface area is 272 Å². The number of aromatic nitrogens is 1. The fraction of sp³-hybridized carbons (Fsp3) is 0.441. The number of hydrogen-bond donors (Lipinski definition) is 1. The van der Waals surface area contributed by atoms with Crippen LogP contribution in [-0.4, -0.2) is 92.5 Å². The zero-order chi connectivity index (χ0) is 32.8. The number of carbonyl (C=O) groups is 3. The average Bonchev–Trinajstić information content (AvgIpc) is 3.62. The molecule has 12 heteroatoms. The number of ketones is 1. The number of esters is 2. The number of fused-ring (bicyclic) bond motifs is 2. The number of carbonyl (C=O) groups excluding carboxylic acids is 3. The molecule has 0 amide bonds. The number of rotatable bonds is 14. The molecule has 4 aromatic rings. The number of methoxy groups -OCH3 is 2. The summed E-state index contributed by atoms with van der Waals surface area (Å²) < 4.78 is 30.6. The molecule has 1 fully saturated rings. The van der Waals surface area contributed by atoms with Gasteiger partial charge in [-0.15, -0.1) is 11.3 Å². The van der Waals surface area contributed by atoms with Crippen molar-refractivity contribution in [1.29, 1.82) is 0 Å². The minimum atomic E-state index is -0.901. The van der Waals surface area contributed by atoms with Crippen molar-refractivity contribution in [3.63, 3.8) is 0 Å². The van der Waals surface area contributed by atoms with Gasteiger partial charge in [0.15, 0.2) is 17.3 Å². The number of ether oxygens (including phenoxy) is 5. The number of thiophene rings is 1. The fourth-order valence-corrected chi connectivity index (χ4v) is 6.66. The van der Waals surface area contributed by atoms with Crippen LogP contribution >= 0.6 is 11.3 Å². The molecule has 0 saturated carbocycles. The van der Waals surface area contributed by atoms with Crippen LogP contribution in [0.4, 0.5) is 0 Å². The number of benzene rings is 2. The van der Waals surface area contributed by atoms with Crippen LogP contribution in [0.2, 0.25) is 0 Å². The van der Waals surface area contributed by atoms with Gasteiger partial charge in [-0.2, -0.15) is 0 Å². The van der Waals surface area contributed by atoms with Gasteiger partial charge in [-0.1, -0.05) is 18.2 Å². The Balaban J connectivity index is 1.18. The zero-order valence-corrected chi connectivity index (χ0v) is 27.5. The zero-order valence-electron chi connectivity index (χ0n) is 26.7. The molecule has 1 saturated heterocycles. The lowest BCUT2D eigenvalue weighted by atomic mass is 10.1. The van der Waals surface area contributed by atoms with Gasteiger partial charge < -0.3 is 34.0 Å². The summed E-state index contributed by atoms with van der Waals surface area (Å²) in [7, 11) is 5.06. The molecule has 2 unspecified atom stereocenters. The standard InChI is InChI=1S/C34H41N3O8S/c1-21-19-43-12-11-37(21)18-25(45-34(40)26(35)16-24-13-22-7-5-6-8-27(22)36(24)2)20-44-33(39)10-9-28(38)32-15-23-14-29(41-3)30(42-4)17-31(23)46-32/h5-8,13-15,17,21,25-26H,9-12,16,18-20,35H2,1-4H3/t21?,25?,26-/m0/s1. The largest absolute Gasteiger partial charge is 0.493 e. The molecule has 1 aliphatic rings. The molecule has 11 nitrogen and oxygen atoms in total. The van der Waals surface area contributed by atoms with Crippen molar-refractivity contribution in [2.75, 3.05) is 47.1 Å². The summed E-state index contributed by atoms with van der Waals surface area (Å²) in [6.45, 7) is 4.02. The molecule has 3 heterocycles. The highest BCUT2D eigenvalue weighted by atomic mass is 32.1. The van der Waals surface area contributed by atoms with Crippen molar-refractivity contribution >= 4 is 50.0 Å². The monoisotopic (exact) mass is 651 g/mol. The van der Waals surface area contributed by atoms with Crippen LogP contribution in [0.15, 0.2) is 48.5 Å². The quantitative estimate of drug-likeness (QED) is 0.157. The third kappa shape index (κ3) is 7.87. The number of morpholine rings is 1. The fourth-order valence-electron chi connectivity index (χ4n) is 5.62. The summed E-state index contributed by atoms with van der Waals surface area (Å²) in [4.78, 5) is 41.6. The highest BCUT2D eigenvalue weighted by Crippen LogP contribution is 2.36. The van der Waals surface area contributed by atoms with Gasteiger partial charge in [-0.05, 0) is 42.0 Å². The van der Waals surface area contributed by atoms with Gasteiger partial charge in [-0.3, -0.25) is 19.3 Å². The number of hydrogen-bond acceptors (Lipinski definition) is 11. The first-order chi connectivity index (χ1) is 22.2. The lowest BCUT2D eigenvalue weighted by molar-refractivity contribution is -0.162. The molecule has 246 valence electrons. The van der Waals surface area contributed by atoms with Gasteiger partial charge in [0.2, 0.25) is 0 Å². The third-order valence-corrected chi connectivity index (χ3v) is 9.43. The van der Waals surface area contributed by atoms with Crippen LogP contribution in [0, 0.1) is 0 Å². The van der Waals surface area contributed by atoms with E-state index in [0.717, 1.165) is 26.7 Å². The molecule has 2 N–H and O–H groups in total. The topological polar surface area (TPSA) is 132 Å². The Morgan fingerprint density at radius 1 is 1.04 bits per heavy atom. The average molecular weight is 652 g/mol. The van der Waals surface area contributed by atoms with Crippen LogP contribution in [0.25, 0.3) is 21.0 Å². The molecule has 0 spiro atoms. The van der Waals surface area contributed by atoms with Crippen molar-refractivity contribution < 1.29 is 38.1 Å². The number of para-hydroxylation sites is 1. The van der Waals surface area contributed by atoms with E-state index in [1.165, 1.54) is 11.3 Å². The summed E-state index contributed by atoms with van der Waals surface area (Å²) in [5, 5.41) is 1.92. The molecule has 3 atom stereocenters. The molecule has 2 aromatic carbocycles. The van der Waals surface area contributed by atoms with Gasteiger partial charge in [-0.25, -0.2) is 0 Å². The van der Waals surface area contributed by atoms with Gasteiger partial charge in [0.1, 0.15) is 18.8 Å². The van der Waals surface area contributed by atoms with E-state index in [2.05, 4.69) is 4.90 Å². The lowest BCUT2D eigenvalue weighted by Crippen LogP contribution is -2.49. The first-order valence-electron chi connectivity index (χ1n) is 15.3. The molecular formula is C34H41N3O8S. The van der Waals surface area contributed by atoms with E-state index < -0.39 is 24.1 Å². The molecular weight excluding hydrogens is 610 g/mol. The highest BCUT2D eigenvalue weighted by molar-refractivity contribution is 7.20. The summed E-state index contributed by atoms with van der Waals surface area (Å²) >= 11 is 1.33. The minimum absolute atomic E-state index is 0.0131. The van der Waals surface area contributed by atoms with Crippen LogP contribution in [0.5, 0.6) is 11.5 Å². The van der Waals surface area contributed by atoms with E-state index in [-0.39, 0.29) is 31.3 Å². The predicted octanol–water partition coefficient (Wildman–Crippen LogP) is 4.12. The minimum Gasteiger partial charge on any atom is -0.493 e. The van der Waals surface area contributed by atoms with Gasteiger partial charge in [0.05, 0.1) is 38.7 Å². The Kier molecular flexibility index (Phi) is 10.9. The van der Waals surface area contributed by atoms with Gasteiger partial charge in [0, 0.05) is 61.0 Å².